The second-order valence-corrected chi connectivity index (χ2v) is 5.21. The van der Waals surface area contributed by atoms with E-state index in [1.807, 2.05) is 14.1 Å². The molecule has 0 bridgehead atoms. The normalized spacial score (nSPS) is 27.2. The number of likely N-dealkylation sites (N-methyl/N-ethyl adjacent to an activating group) is 1. The molecule has 88 valence electrons. The van der Waals surface area contributed by atoms with E-state index in [1.54, 1.807) is 0 Å². The Hall–Kier alpha value is -0.610. The largest absolute Gasteiger partial charge is 0.354 e. The van der Waals surface area contributed by atoms with Gasteiger partial charge in [-0.1, -0.05) is 13.8 Å². The number of carbonyl (C=O) groups excluding carboxylic acids is 1. The summed E-state index contributed by atoms with van der Waals surface area (Å²) < 4.78 is 0. The minimum atomic E-state index is 0.0132. The smallest absolute Gasteiger partial charge is 0.237 e. The Labute approximate surface area is 92.4 Å². The van der Waals surface area contributed by atoms with Gasteiger partial charge in [-0.15, -0.1) is 0 Å². The fraction of sp³-hybridized carbons (Fsp3) is 0.909. The molecular weight excluding hydrogens is 190 g/mol. The van der Waals surface area contributed by atoms with Crippen LogP contribution in [-0.2, 0) is 4.79 Å². The summed E-state index contributed by atoms with van der Waals surface area (Å²) in [5.74, 6) is 0.165. The van der Waals surface area contributed by atoms with Crippen LogP contribution in [0.1, 0.15) is 20.3 Å². The lowest BCUT2D eigenvalue weighted by Crippen LogP contribution is -2.43. The van der Waals surface area contributed by atoms with Gasteiger partial charge in [0.2, 0.25) is 5.91 Å². The van der Waals surface area contributed by atoms with Gasteiger partial charge in [0.05, 0.1) is 6.04 Å². The molecule has 0 aromatic carbocycles. The molecule has 15 heavy (non-hydrogen) atoms. The molecule has 1 saturated heterocycles. The molecule has 1 fully saturated rings. The van der Waals surface area contributed by atoms with Crippen molar-refractivity contribution in [1.82, 2.24) is 15.5 Å². The average Bonchev–Trinajstić information content (AvgIpc) is 2.22. The molecule has 0 radical (unpaired) electrons. The van der Waals surface area contributed by atoms with Gasteiger partial charge in [0.15, 0.2) is 0 Å². The highest BCUT2D eigenvalue weighted by molar-refractivity contribution is 5.82. The maximum Gasteiger partial charge on any atom is 0.237 e. The van der Waals surface area contributed by atoms with Gasteiger partial charge in [0.25, 0.3) is 0 Å². The van der Waals surface area contributed by atoms with Gasteiger partial charge in [0, 0.05) is 13.1 Å². The van der Waals surface area contributed by atoms with Gasteiger partial charge in [-0.25, -0.2) is 0 Å². The van der Waals surface area contributed by atoms with E-state index in [0.717, 1.165) is 26.1 Å². The maximum absolute atomic E-state index is 11.8. The van der Waals surface area contributed by atoms with Crippen LogP contribution < -0.4 is 10.6 Å². The van der Waals surface area contributed by atoms with Crippen molar-refractivity contribution >= 4 is 5.91 Å². The molecule has 1 atom stereocenters. The fourth-order valence-corrected chi connectivity index (χ4v) is 2.12. The lowest BCUT2D eigenvalue weighted by Gasteiger charge is -2.29. The van der Waals surface area contributed by atoms with Crippen LogP contribution in [0.4, 0.5) is 0 Å². The lowest BCUT2D eigenvalue weighted by atomic mass is 9.93. The van der Waals surface area contributed by atoms with Crippen molar-refractivity contribution in [2.24, 2.45) is 5.41 Å². The summed E-state index contributed by atoms with van der Waals surface area (Å²) in [5.41, 5.74) is 0.165. The first-order chi connectivity index (χ1) is 6.96. The van der Waals surface area contributed by atoms with E-state index in [9.17, 15) is 4.79 Å². The van der Waals surface area contributed by atoms with E-state index in [1.165, 1.54) is 0 Å². The number of rotatable bonds is 3. The first-order valence-electron chi connectivity index (χ1n) is 5.59. The standard InChI is InChI=1S/C11H23N3O/c1-11(2)7-13-10(15)9(5-6-12-3)14(4)8-11/h9,12H,5-8H2,1-4H3,(H,13,15). The predicted molar refractivity (Wildman–Crippen MR) is 61.8 cm³/mol. The Morgan fingerprint density at radius 3 is 2.87 bits per heavy atom. The van der Waals surface area contributed by atoms with Crippen molar-refractivity contribution in [3.05, 3.63) is 0 Å². The van der Waals surface area contributed by atoms with Gasteiger partial charge >= 0.3 is 0 Å². The summed E-state index contributed by atoms with van der Waals surface area (Å²) in [6.45, 7) is 6.98. The van der Waals surface area contributed by atoms with Crippen molar-refractivity contribution < 1.29 is 4.79 Å². The third-order valence-corrected chi connectivity index (χ3v) is 2.92. The second kappa shape index (κ2) is 4.94. The molecule has 1 aliphatic heterocycles. The summed E-state index contributed by atoms with van der Waals surface area (Å²) >= 11 is 0. The molecule has 0 saturated carbocycles. The Morgan fingerprint density at radius 1 is 1.60 bits per heavy atom. The quantitative estimate of drug-likeness (QED) is 0.696. The summed E-state index contributed by atoms with van der Waals surface area (Å²) in [4.78, 5) is 14.0. The van der Waals surface area contributed by atoms with Gasteiger partial charge in [-0.05, 0) is 32.5 Å². The molecule has 1 heterocycles. The van der Waals surface area contributed by atoms with Gasteiger partial charge in [0.1, 0.15) is 0 Å². The summed E-state index contributed by atoms with van der Waals surface area (Å²) in [5, 5.41) is 6.11. The second-order valence-electron chi connectivity index (χ2n) is 5.21. The van der Waals surface area contributed by atoms with E-state index >= 15 is 0 Å². The number of carbonyl (C=O) groups is 1. The third kappa shape index (κ3) is 3.47. The molecule has 0 spiro atoms. The van der Waals surface area contributed by atoms with E-state index in [0.29, 0.717) is 0 Å². The first kappa shape index (κ1) is 12.5. The van der Waals surface area contributed by atoms with E-state index < -0.39 is 0 Å². The van der Waals surface area contributed by atoms with Crippen LogP contribution in [0.2, 0.25) is 0 Å². The first-order valence-corrected chi connectivity index (χ1v) is 5.59. The highest BCUT2D eigenvalue weighted by Crippen LogP contribution is 2.20. The summed E-state index contributed by atoms with van der Waals surface area (Å²) in [6.07, 6.45) is 0.870. The van der Waals surface area contributed by atoms with Crippen LogP contribution in [-0.4, -0.2) is 50.6 Å². The van der Waals surface area contributed by atoms with Gasteiger partial charge < -0.3 is 10.6 Å². The zero-order chi connectivity index (χ0) is 11.5. The number of hydrogen-bond acceptors (Lipinski definition) is 3. The SMILES string of the molecule is CNCCC1C(=O)NCC(C)(C)CN1C. The highest BCUT2D eigenvalue weighted by Gasteiger charge is 2.32. The van der Waals surface area contributed by atoms with Crippen LogP contribution >= 0.6 is 0 Å². The third-order valence-electron chi connectivity index (χ3n) is 2.92. The molecule has 1 unspecified atom stereocenters. The van der Waals surface area contributed by atoms with Crippen LogP contribution in [0.3, 0.4) is 0 Å². The van der Waals surface area contributed by atoms with Crippen molar-refractivity contribution in [1.29, 1.82) is 0 Å². The van der Waals surface area contributed by atoms with Gasteiger partial charge in [-0.2, -0.15) is 0 Å². The van der Waals surface area contributed by atoms with Crippen molar-refractivity contribution in [3.63, 3.8) is 0 Å². The topological polar surface area (TPSA) is 44.4 Å². The Bertz CT molecular complexity index is 228. The summed E-state index contributed by atoms with van der Waals surface area (Å²) in [6, 6.07) is 0.0132. The Kier molecular flexibility index (Phi) is 4.11. The van der Waals surface area contributed by atoms with E-state index in [4.69, 9.17) is 0 Å². The van der Waals surface area contributed by atoms with Crippen LogP contribution in [0.5, 0.6) is 0 Å². The molecule has 4 heteroatoms. The Morgan fingerprint density at radius 2 is 2.27 bits per heavy atom. The van der Waals surface area contributed by atoms with Crippen LogP contribution in [0.25, 0.3) is 0 Å². The minimum absolute atomic E-state index is 0.0132. The van der Waals surface area contributed by atoms with E-state index in [-0.39, 0.29) is 17.4 Å². The number of nitrogens with zero attached hydrogens (tertiary/aromatic N) is 1. The van der Waals surface area contributed by atoms with E-state index in [2.05, 4.69) is 29.4 Å². The van der Waals surface area contributed by atoms with Crippen LogP contribution in [0.15, 0.2) is 0 Å². The molecule has 0 aliphatic carbocycles. The Balaban J connectivity index is 2.64. The molecular formula is C11H23N3O. The monoisotopic (exact) mass is 213 g/mol. The van der Waals surface area contributed by atoms with Crippen LogP contribution in [0, 0.1) is 5.41 Å². The number of hydrogen-bond donors (Lipinski definition) is 2. The molecule has 1 amide bonds. The van der Waals surface area contributed by atoms with Crippen molar-refractivity contribution in [3.8, 4) is 0 Å². The van der Waals surface area contributed by atoms with Crippen molar-refractivity contribution in [2.45, 2.75) is 26.3 Å². The zero-order valence-electron chi connectivity index (χ0n) is 10.3. The fourth-order valence-electron chi connectivity index (χ4n) is 2.12. The zero-order valence-corrected chi connectivity index (χ0v) is 10.3. The number of amides is 1. The summed E-state index contributed by atoms with van der Waals surface area (Å²) in [7, 11) is 3.95. The molecule has 2 N–H and O–H groups in total. The minimum Gasteiger partial charge on any atom is -0.354 e. The number of nitrogens with one attached hydrogen (secondary N) is 2. The molecule has 1 rings (SSSR count). The molecule has 0 aromatic heterocycles. The predicted octanol–water partition coefficient (Wildman–Crippen LogP) is 0.0523. The highest BCUT2D eigenvalue weighted by atomic mass is 16.2. The van der Waals surface area contributed by atoms with Crippen molar-refractivity contribution in [2.75, 3.05) is 33.7 Å². The maximum atomic E-state index is 11.8. The molecule has 1 aliphatic rings. The average molecular weight is 213 g/mol. The lowest BCUT2D eigenvalue weighted by molar-refractivity contribution is -0.125. The van der Waals surface area contributed by atoms with Gasteiger partial charge in [-0.3, -0.25) is 9.69 Å². The molecule has 0 aromatic rings. The molecule has 4 nitrogen and oxygen atoms in total.